The number of thioether (sulfide) groups is 1. The Kier molecular flexibility index (Phi) is 9.74. The minimum Gasteiger partial charge on any atom is -0.497 e. The van der Waals surface area contributed by atoms with Gasteiger partial charge >= 0.3 is 0 Å². The van der Waals surface area contributed by atoms with Crippen molar-refractivity contribution in [2.75, 3.05) is 19.4 Å². The molecule has 1 N–H and O–H groups in total. The fourth-order valence-corrected chi connectivity index (χ4v) is 4.05. The van der Waals surface area contributed by atoms with Gasteiger partial charge in [-0.3, -0.25) is 9.59 Å². The highest BCUT2D eigenvalue weighted by Gasteiger charge is 2.28. The lowest BCUT2D eigenvalue weighted by Crippen LogP contribution is -2.49. The lowest BCUT2D eigenvalue weighted by molar-refractivity contribution is -0.141. The maximum Gasteiger partial charge on any atom is 0.242 e. The van der Waals surface area contributed by atoms with Gasteiger partial charge in [0.2, 0.25) is 11.8 Å². The number of rotatable bonds is 11. The molecule has 0 aliphatic carbocycles. The molecule has 1 atom stereocenters. The topological polar surface area (TPSA) is 58.6 Å². The van der Waals surface area contributed by atoms with Crippen LogP contribution in [-0.4, -0.2) is 42.2 Å². The second-order valence-electron chi connectivity index (χ2n) is 7.10. The summed E-state index contributed by atoms with van der Waals surface area (Å²) in [4.78, 5) is 28.6. The molecule has 0 aliphatic rings. The van der Waals surface area contributed by atoms with Crippen molar-refractivity contribution in [3.05, 3.63) is 59.7 Å². The lowest BCUT2D eigenvalue weighted by Gasteiger charge is -2.30. The van der Waals surface area contributed by atoms with Crippen molar-refractivity contribution in [1.82, 2.24) is 10.2 Å². The predicted molar refractivity (Wildman–Crippen MR) is 123 cm³/mol. The zero-order valence-electron chi connectivity index (χ0n) is 18.3. The number of nitrogens with zero attached hydrogens (tertiary/aromatic N) is 1. The summed E-state index contributed by atoms with van der Waals surface area (Å²) in [5.74, 6) is 1.28. The number of ether oxygens (including phenoxy) is 1. The largest absolute Gasteiger partial charge is 0.497 e. The van der Waals surface area contributed by atoms with Gasteiger partial charge in [0.05, 0.1) is 7.11 Å². The number of methoxy groups -OCH3 is 1. The van der Waals surface area contributed by atoms with Gasteiger partial charge in [-0.15, -0.1) is 11.8 Å². The minimum atomic E-state index is -0.493. The van der Waals surface area contributed by atoms with Crippen LogP contribution in [0, 0.1) is 6.92 Å². The van der Waals surface area contributed by atoms with Gasteiger partial charge in [-0.25, -0.2) is 0 Å². The molecule has 30 heavy (non-hydrogen) atoms. The fourth-order valence-electron chi connectivity index (χ4n) is 3.21. The molecule has 162 valence electrons. The number of aryl methyl sites for hydroxylation is 1. The maximum atomic E-state index is 13.2. The molecule has 2 amide bonds. The summed E-state index contributed by atoms with van der Waals surface area (Å²) in [5, 5.41) is 2.86. The Morgan fingerprint density at radius 1 is 1.13 bits per heavy atom. The first kappa shape index (κ1) is 23.8. The second-order valence-corrected chi connectivity index (χ2v) is 8.27. The zero-order valence-corrected chi connectivity index (χ0v) is 19.1. The van der Waals surface area contributed by atoms with E-state index in [1.54, 1.807) is 23.8 Å². The van der Waals surface area contributed by atoms with Crippen LogP contribution >= 0.6 is 11.8 Å². The molecule has 0 fully saturated rings. The quantitative estimate of drug-likeness (QED) is 0.538. The van der Waals surface area contributed by atoms with Gasteiger partial charge in [-0.2, -0.15) is 0 Å². The number of benzene rings is 2. The van der Waals surface area contributed by atoms with Crippen LogP contribution in [0.25, 0.3) is 0 Å². The first-order valence-corrected chi connectivity index (χ1v) is 11.4. The number of carbonyl (C=O) groups is 2. The van der Waals surface area contributed by atoms with Crippen molar-refractivity contribution in [1.29, 1.82) is 0 Å². The third-order valence-electron chi connectivity index (χ3n) is 4.83. The lowest BCUT2D eigenvalue weighted by atomic mass is 10.1. The molecule has 6 heteroatoms. The van der Waals surface area contributed by atoms with E-state index in [9.17, 15) is 9.59 Å². The van der Waals surface area contributed by atoms with Crippen molar-refractivity contribution in [2.24, 2.45) is 0 Å². The summed E-state index contributed by atoms with van der Waals surface area (Å²) >= 11 is 1.66. The van der Waals surface area contributed by atoms with Gasteiger partial charge in [-0.05, 0) is 50.1 Å². The highest BCUT2D eigenvalue weighted by atomic mass is 32.2. The normalized spacial score (nSPS) is 11.6. The van der Waals surface area contributed by atoms with Crippen molar-refractivity contribution < 1.29 is 14.3 Å². The molecular formula is C24H32N2O3S. The number of amides is 2. The highest BCUT2D eigenvalue weighted by molar-refractivity contribution is 7.99. The zero-order chi connectivity index (χ0) is 21.9. The molecule has 2 aromatic carbocycles. The summed E-state index contributed by atoms with van der Waals surface area (Å²) in [5.41, 5.74) is 2.16. The van der Waals surface area contributed by atoms with Crippen LogP contribution in [0.2, 0.25) is 0 Å². The van der Waals surface area contributed by atoms with Crippen LogP contribution in [-0.2, 0) is 16.1 Å². The van der Waals surface area contributed by atoms with Crippen LogP contribution in [0.1, 0.15) is 37.8 Å². The smallest absolute Gasteiger partial charge is 0.242 e. The average molecular weight is 429 g/mol. The summed E-state index contributed by atoms with van der Waals surface area (Å²) in [6.07, 6.45) is 0.936. The van der Waals surface area contributed by atoms with E-state index in [0.717, 1.165) is 16.2 Å². The Morgan fingerprint density at radius 3 is 2.50 bits per heavy atom. The molecule has 0 saturated heterocycles. The van der Waals surface area contributed by atoms with E-state index in [2.05, 4.69) is 36.5 Å². The molecule has 0 bridgehead atoms. The van der Waals surface area contributed by atoms with Crippen LogP contribution in [0.15, 0.2) is 53.4 Å². The number of carbonyl (C=O) groups excluding carboxylic acids is 2. The monoisotopic (exact) mass is 428 g/mol. The highest BCUT2D eigenvalue weighted by Crippen LogP contribution is 2.22. The van der Waals surface area contributed by atoms with Crippen molar-refractivity contribution in [3.63, 3.8) is 0 Å². The van der Waals surface area contributed by atoms with Crippen LogP contribution in [0.4, 0.5) is 0 Å². The second kappa shape index (κ2) is 12.3. The molecular weight excluding hydrogens is 396 g/mol. The van der Waals surface area contributed by atoms with Gasteiger partial charge in [0.1, 0.15) is 11.8 Å². The molecule has 5 nitrogen and oxygen atoms in total. The van der Waals surface area contributed by atoms with Gasteiger partial charge in [0.15, 0.2) is 0 Å². The van der Waals surface area contributed by atoms with Crippen molar-refractivity contribution >= 4 is 23.6 Å². The van der Waals surface area contributed by atoms with E-state index in [4.69, 9.17) is 4.74 Å². The van der Waals surface area contributed by atoms with E-state index < -0.39 is 6.04 Å². The van der Waals surface area contributed by atoms with Crippen LogP contribution < -0.4 is 10.1 Å². The molecule has 2 aromatic rings. The molecule has 2 rings (SSSR count). The van der Waals surface area contributed by atoms with Gasteiger partial charge in [-0.1, -0.05) is 36.8 Å². The third-order valence-corrected chi connectivity index (χ3v) is 5.84. The third kappa shape index (κ3) is 7.10. The Balaban J connectivity index is 2.12. The Labute approximate surface area is 184 Å². The van der Waals surface area contributed by atoms with Crippen molar-refractivity contribution in [2.45, 2.75) is 51.1 Å². The first-order valence-electron chi connectivity index (χ1n) is 10.4. The Bertz CT molecular complexity index is 823. The average Bonchev–Trinajstić information content (AvgIpc) is 2.75. The van der Waals surface area contributed by atoms with Crippen LogP contribution in [0.3, 0.4) is 0 Å². The number of hydrogen-bond donors (Lipinski definition) is 1. The fraction of sp³-hybridized carbons (Fsp3) is 0.417. The summed E-state index contributed by atoms with van der Waals surface area (Å²) in [7, 11) is 1.62. The van der Waals surface area contributed by atoms with E-state index in [0.29, 0.717) is 31.7 Å². The van der Waals surface area contributed by atoms with E-state index >= 15 is 0 Å². The van der Waals surface area contributed by atoms with E-state index in [1.807, 2.05) is 38.1 Å². The predicted octanol–water partition coefficient (Wildman–Crippen LogP) is 4.43. The van der Waals surface area contributed by atoms with Crippen molar-refractivity contribution in [3.8, 4) is 5.75 Å². The molecule has 0 aromatic heterocycles. The molecule has 0 aliphatic heterocycles. The standard InChI is InChI=1S/C24H32N2O3S/c1-5-22(24(28)25-6-2)26(17-19-8-7-9-20(16-19)29-4)23(27)14-15-30-21-12-10-18(3)11-13-21/h7-13,16,22H,5-6,14-15,17H2,1-4H3,(H,25,28). The number of nitrogens with one attached hydrogen (secondary N) is 1. The molecule has 0 saturated carbocycles. The number of hydrogen-bond acceptors (Lipinski definition) is 4. The van der Waals surface area contributed by atoms with Gasteiger partial charge < -0.3 is 15.0 Å². The van der Waals surface area contributed by atoms with Crippen LogP contribution in [0.5, 0.6) is 5.75 Å². The molecule has 0 spiro atoms. The SMILES string of the molecule is CCNC(=O)C(CC)N(Cc1cccc(OC)c1)C(=O)CCSc1ccc(C)cc1. The van der Waals surface area contributed by atoms with Gasteiger partial charge in [0, 0.05) is 30.2 Å². The molecule has 1 unspecified atom stereocenters. The summed E-state index contributed by atoms with van der Waals surface area (Å²) in [6, 6.07) is 15.4. The van der Waals surface area contributed by atoms with E-state index in [-0.39, 0.29) is 11.8 Å². The Hall–Kier alpha value is -2.47. The molecule has 0 radical (unpaired) electrons. The van der Waals surface area contributed by atoms with Gasteiger partial charge in [0.25, 0.3) is 0 Å². The minimum absolute atomic E-state index is 0.0180. The Morgan fingerprint density at radius 2 is 1.87 bits per heavy atom. The molecule has 0 heterocycles. The first-order chi connectivity index (χ1) is 14.5. The maximum absolute atomic E-state index is 13.2. The number of likely N-dealkylation sites (N-methyl/N-ethyl adjacent to an activating group) is 1. The summed E-state index contributed by atoms with van der Waals surface area (Å²) < 4.78 is 5.31. The summed E-state index contributed by atoms with van der Waals surface area (Å²) in [6.45, 7) is 6.80. The van der Waals surface area contributed by atoms with E-state index in [1.165, 1.54) is 5.56 Å².